The predicted octanol–water partition coefficient (Wildman–Crippen LogP) is 2.55. The molecule has 0 aliphatic carbocycles. The number of carbonyl (C=O) groups excluding carboxylic acids is 3. The fourth-order valence-electron chi connectivity index (χ4n) is 5.67. The zero-order valence-corrected chi connectivity index (χ0v) is 21.4. The number of halogens is 2. The lowest BCUT2D eigenvalue weighted by Gasteiger charge is -2.38. The molecule has 34 heavy (non-hydrogen) atoms. The predicted molar refractivity (Wildman–Crippen MR) is 130 cm³/mol. The van der Waals surface area contributed by atoms with Crippen molar-refractivity contribution in [2.45, 2.75) is 48.9 Å². The molecule has 1 aromatic carbocycles. The van der Waals surface area contributed by atoms with Crippen LogP contribution in [0, 0.1) is 11.8 Å². The van der Waals surface area contributed by atoms with Gasteiger partial charge in [0.05, 0.1) is 47.9 Å². The highest BCUT2D eigenvalue weighted by Gasteiger charge is 2.77. The van der Waals surface area contributed by atoms with Crippen molar-refractivity contribution >= 4 is 51.0 Å². The van der Waals surface area contributed by atoms with Crippen LogP contribution in [-0.2, 0) is 23.9 Å². The van der Waals surface area contributed by atoms with Gasteiger partial charge in [-0.3, -0.25) is 14.4 Å². The Hall–Kier alpha value is -1.94. The molecular weight excluding hydrogens is 528 g/mol. The fraction of sp³-hybridized carbons (Fsp3) is 0.542. The zero-order chi connectivity index (χ0) is 24.8. The molecule has 1 aromatic rings. The summed E-state index contributed by atoms with van der Waals surface area (Å²) in [5.41, 5.74) is -0.767. The molecule has 2 amide bonds. The summed E-state index contributed by atoms with van der Waals surface area (Å²) in [6.07, 6.45) is 1.34. The maximum Gasteiger partial charge on any atom is 0.312 e. The number of esters is 1. The van der Waals surface area contributed by atoms with Gasteiger partial charge in [-0.05, 0) is 32.4 Å². The molecule has 4 rings (SSSR count). The average Bonchev–Trinajstić information content (AvgIpc) is 3.40. The van der Waals surface area contributed by atoms with Crippen molar-refractivity contribution in [3.8, 4) is 0 Å². The van der Waals surface area contributed by atoms with Crippen molar-refractivity contribution in [3.63, 3.8) is 0 Å². The number of rotatable bonds is 8. The lowest BCUT2D eigenvalue weighted by Crippen LogP contribution is -2.58. The van der Waals surface area contributed by atoms with Crippen LogP contribution in [-0.4, -0.2) is 76.2 Å². The summed E-state index contributed by atoms with van der Waals surface area (Å²) < 4.78 is 11.7. The highest BCUT2D eigenvalue weighted by atomic mass is 79.9. The molecular formula is C24H28BrClN2O6. The normalized spacial score (nSPS) is 32.4. The van der Waals surface area contributed by atoms with E-state index in [-0.39, 0.29) is 24.6 Å². The minimum atomic E-state index is -1.24. The molecule has 8 nitrogen and oxygen atoms in total. The van der Waals surface area contributed by atoms with Crippen molar-refractivity contribution in [1.82, 2.24) is 4.90 Å². The van der Waals surface area contributed by atoms with E-state index in [9.17, 15) is 19.5 Å². The molecule has 0 radical (unpaired) electrons. The van der Waals surface area contributed by atoms with Gasteiger partial charge in [-0.15, -0.1) is 6.58 Å². The van der Waals surface area contributed by atoms with Crippen molar-refractivity contribution in [3.05, 3.63) is 41.9 Å². The number of aliphatic hydroxyl groups is 1. The minimum Gasteiger partial charge on any atom is -0.466 e. The SMILES string of the molecule is C=CCN(C(=O)[C@@H]1N([C@H](C)CO)C(=O)[C@H]2[C@H](C(=O)OCC)[C@H]3O[C@@]12CC3Br)c1ccccc1Cl. The van der Waals surface area contributed by atoms with Crippen LogP contribution in [0.1, 0.15) is 20.3 Å². The number of carbonyl (C=O) groups is 3. The second kappa shape index (κ2) is 9.60. The minimum absolute atomic E-state index is 0.151. The Kier molecular flexibility index (Phi) is 7.11. The van der Waals surface area contributed by atoms with Crippen molar-refractivity contribution in [1.29, 1.82) is 0 Å². The third kappa shape index (κ3) is 3.68. The quantitative estimate of drug-likeness (QED) is 0.301. The summed E-state index contributed by atoms with van der Waals surface area (Å²) in [4.78, 5) is 43.6. The van der Waals surface area contributed by atoms with Crippen molar-refractivity contribution in [2.75, 3.05) is 24.7 Å². The van der Waals surface area contributed by atoms with E-state index in [4.69, 9.17) is 21.1 Å². The molecule has 2 bridgehead atoms. The first-order valence-electron chi connectivity index (χ1n) is 11.3. The largest absolute Gasteiger partial charge is 0.466 e. The van der Waals surface area contributed by atoms with Gasteiger partial charge in [-0.1, -0.05) is 45.7 Å². The van der Waals surface area contributed by atoms with Gasteiger partial charge in [0.15, 0.2) is 0 Å². The van der Waals surface area contributed by atoms with E-state index < -0.39 is 53.4 Å². The maximum atomic E-state index is 14.2. The Morgan fingerprint density at radius 1 is 1.47 bits per heavy atom. The van der Waals surface area contributed by atoms with E-state index >= 15 is 0 Å². The van der Waals surface area contributed by atoms with Crippen LogP contribution in [0.4, 0.5) is 5.69 Å². The number of hydrogen-bond donors (Lipinski definition) is 1. The number of likely N-dealkylation sites (tertiary alicyclic amines) is 1. The number of aliphatic hydroxyl groups excluding tert-OH is 1. The first-order valence-corrected chi connectivity index (χ1v) is 12.6. The van der Waals surface area contributed by atoms with Crippen LogP contribution in [0.25, 0.3) is 0 Å². The molecule has 10 heteroatoms. The third-order valence-electron chi connectivity index (χ3n) is 6.98. The van der Waals surface area contributed by atoms with Crippen molar-refractivity contribution < 1.29 is 29.0 Å². The number of fused-ring (bicyclic) bond motifs is 1. The topological polar surface area (TPSA) is 96.4 Å². The smallest absolute Gasteiger partial charge is 0.312 e. The number of amides is 2. The third-order valence-corrected chi connectivity index (χ3v) is 8.14. The molecule has 184 valence electrons. The Morgan fingerprint density at radius 3 is 2.79 bits per heavy atom. The van der Waals surface area contributed by atoms with E-state index in [1.54, 1.807) is 44.2 Å². The van der Waals surface area contributed by atoms with Crippen LogP contribution in [0.2, 0.25) is 5.02 Å². The molecule has 3 fully saturated rings. The summed E-state index contributed by atoms with van der Waals surface area (Å²) >= 11 is 10.0. The second-order valence-electron chi connectivity index (χ2n) is 8.88. The number of nitrogens with zero attached hydrogens (tertiary/aromatic N) is 2. The van der Waals surface area contributed by atoms with E-state index in [1.165, 1.54) is 9.80 Å². The van der Waals surface area contributed by atoms with Crippen molar-refractivity contribution in [2.24, 2.45) is 11.8 Å². The van der Waals surface area contributed by atoms with Gasteiger partial charge in [-0.25, -0.2) is 0 Å². The first-order chi connectivity index (χ1) is 16.2. The maximum absolute atomic E-state index is 14.2. The number of ether oxygens (including phenoxy) is 2. The van der Waals surface area contributed by atoms with E-state index in [1.807, 2.05) is 0 Å². The van der Waals surface area contributed by atoms with E-state index in [0.717, 1.165) is 0 Å². The fourth-order valence-corrected chi connectivity index (χ4v) is 6.85. The van der Waals surface area contributed by atoms with Crippen LogP contribution in [0.15, 0.2) is 36.9 Å². The summed E-state index contributed by atoms with van der Waals surface area (Å²) in [5.74, 6) is -3.04. The average molecular weight is 556 g/mol. The number of benzene rings is 1. The number of alkyl halides is 1. The van der Waals surface area contributed by atoms with Crippen LogP contribution in [0.5, 0.6) is 0 Å². The summed E-state index contributed by atoms with van der Waals surface area (Å²) in [6, 6.07) is 5.19. The number of hydrogen-bond acceptors (Lipinski definition) is 6. The Labute approximate surface area is 211 Å². The van der Waals surface area contributed by atoms with E-state index in [0.29, 0.717) is 17.1 Å². The molecule has 0 saturated carbocycles. The molecule has 0 aromatic heterocycles. The number of anilines is 1. The molecule has 3 aliphatic rings. The van der Waals surface area contributed by atoms with Crippen LogP contribution >= 0.6 is 27.5 Å². The first kappa shape index (κ1) is 25.2. The molecule has 7 atom stereocenters. The molecule has 3 aliphatic heterocycles. The molecule has 3 saturated heterocycles. The monoisotopic (exact) mass is 554 g/mol. The Bertz CT molecular complexity index is 1010. The molecule has 1 unspecified atom stereocenters. The Morgan fingerprint density at radius 2 is 2.18 bits per heavy atom. The lowest BCUT2D eigenvalue weighted by molar-refractivity contribution is -0.155. The zero-order valence-electron chi connectivity index (χ0n) is 19.0. The van der Waals surface area contributed by atoms with Gasteiger partial charge in [0.2, 0.25) is 5.91 Å². The summed E-state index contributed by atoms with van der Waals surface area (Å²) in [6.45, 7) is 7.11. The molecule has 3 heterocycles. The van der Waals surface area contributed by atoms with Gasteiger partial charge < -0.3 is 24.4 Å². The van der Waals surface area contributed by atoms with E-state index in [2.05, 4.69) is 22.5 Å². The number of para-hydroxylation sites is 1. The van der Waals surface area contributed by atoms with Gasteiger partial charge in [0, 0.05) is 11.4 Å². The summed E-state index contributed by atoms with van der Waals surface area (Å²) in [7, 11) is 0. The Balaban J connectivity index is 1.83. The van der Waals surface area contributed by atoms with Gasteiger partial charge in [0.25, 0.3) is 5.91 Å². The van der Waals surface area contributed by atoms with Crippen LogP contribution in [0.3, 0.4) is 0 Å². The van der Waals surface area contributed by atoms with Gasteiger partial charge >= 0.3 is 5.97 Å². The highest BCUT2D eigenvalue weighted by Crippen LogP contribution is 2.60. The molecule has 1 N–H and O–H groups in total. The standard InChI is InChI=1S/C24H28BrClN2O6/c1-4-10-27(16-9-7-6-8-15(16)26)22(31)20-24-11-14(25)19(34-24)17(23(32)33-5-2)18(24)21(30)28(20)13(3)12-29/h4,6-9,13-14,17-20,29H,1,5,10-12H2,2-3H3/t13-,14?,17+,18-,19+,20+,24-/m1/s1. The second-order valence-corrected chi connectivity index (χ2v) is 10.5. The van der Waals surface area contributed by atoms with Gasteiger partial charge in [0.1, 0.15) is 11.6 Å². The lowest BCUT2D eigenvalue weighted by atomic mass is 9.70. The molecule has 1 spiro atoms. The highest BCUT2D eigenvalue weighted by molar-refractivity contribution is 9.09. The van der Waals surface area contributed by atoms with Gasteiger partial charge in [-0.2, -0.15) is 0 Å². The summed E-state index contributed by atoms with van der Waals surface area (Å²) in [5, 5.41) is 10.3. The van der Waals surface area contributed by atoms with Crippen LogP contribution < -0.4 is 4.90 Å².